The highest BCUT2D eigenvalue weighted by Crippen LogP contribution is 2.12. The molecule has 0 rings (SSSR count). The fourth-order valence-electron chi connectivity index (χ4n) is 2.42. The fraction of sp³-hybridized carbons (Fsp3) is 0.900. The van der Waals surface area contributed by atoms with E-state index < -0.39 is 16.4 Å². The Hall–Kier alpha value is -0.580. The van der Waals surface area contributed by atoms with Crippen LogP contribution in [0.15, 0.2) is 4.99 Å². The van der Waals surface area contributed by atoms with Crippen LogP contribution >= 0.6 is 24.0 Å². The van der Waals surface area contributed by atoms with E-state index in [2.05, 4.69) is 29.5 Å². The molecule has 0 radical (unpaired) electrons. The molecule has 0 aromatic rings. The summed E-state index contributed by atoms with van der Waals surface area (Å²) in [5, 5.41) is 6.24. The molecule has 29 heavy (non-hydrogen) atoms. The molecular formula is C20H43IN4O3S. The minimum Gasteiger partial charge on any atom is -0.444 e. The Morgan fingerprint density at radius 3 is 2.14 bits per heavy atom. The number of aliphatic imine (C=N–C) groups is 1. The average molecular weight is 547 g/mol. The molecule has 2 atom stereocenters. The van der Waals surface area contributed by atoms with E-state index in [4.69, 9.17) is 4.74 Å². The van der Waals surface area contributed by atoms with Crippen LogP contribution in [0.2, 0.25) is 0 Å². The van der Waals surface area contributed by atoms with Gasteiger partial charge in [0.05, 0.1) is 0 Å². The maximum atomic E-state index is 12.2. The number of hydrogen-bond acceptors (Lipinski definition) is 4. The van der Waals surface area contributed by atoms with E-state index >= 15 is 0 Å². The standard InChI is InChI=1S/C20H42N4O3S.HI/c1-15(2)16(23-18(25)27-19(3,4)5)11-13-24(10)17(21-9)22-12-14-28(26)20(6,7)8;/h15-16H,11-14H2,1-10H3,(H,21,22)(H,23,25);1H. The van der Waals surface area contributed by atoms with Crippen LogP contribution in [0, 0.1) is 5.92 Å². The first-order chi connectivity index (χ1) is 12.7. The van der Waals surface area contributed by atoms with Crippen molar-refractivity contribution in [2.45, 2.75) is 78.2 Å². The molecule has 0 spiro atoms. The quantitative estimate of drug-likeness (QED) is 0.276. The van der Waals surface area contributed by atoms with E-state index in [1.54, 1.807) is 7.05 Å². The lowest BCUT2D eigenvalue weighted by atomic mass is 10.0. The average Bonchev–Trinajstić information content (AvgIpc) is 2.52. The Kier molecular flexibility index (Phi) is 14.4. The molecule has 0 fully saturated rings. The molecule has 0 aromatic carbocycles. The van der Waals surface area contributed by atoms with Crippen molar-refractivity contribution in [3.63, 3.8) is 0 Å². The van der Waals surface area contributed by atoms with Crippen LogP contribution in [-0.2, 0) is 15.5 Å². The normalized spacial score (nSPS) is 14.7. The third-order valence-corrected chi connectivity index (χ3v) is 6.05. The Bertz CT molecular complexity index is 543. The van der Waals surface area contributed by atoms with Crippen molar-refractivity contribution in [2.24, 2.45) is 10.9 Å². The number of nitrogens with zero attached hydrogens (tertiary/aromatic N) is 2. The van der Waals surface area contributed by atoms with Crippen LogP contribution in [0.5, 0.6) is 0 Å². The van der Waals surface area contributed by atoms with Crippen molar-refractivity contribution in [2.75, 3.05) is 32.9 Å². The zero-order valence-corrected chi connectivity index (χ0v) is 23.1. The monoisotopic (exact) mass is 546 g/mol. The van der Waals surface area contributed by atoms with Crippen molar-refractivity contribution in [3.05, 3.63) is 0 Å². The van der Waals surface area contributed by atoms with E-state index in [-0.39, 0.29) is 46.8 Å². The predicted octanol–water partition coefficient (Wildman–Crippen LogP) is 3.60. The second-order valence-corrected chi connectivity index (χ2v) is 11.7. The molecule has 0 heterocycles. The molecule has 0 aromatic heterocycles. The first-order valence-electron chi connectivity index (χ1n) is 9.97. The van der Waals surface area contributed by atoms with Gasteiger partial charge < -0.3 is 20.3 Å². The maximum Gasteiger partial charge on any atom is 0.407 e. The lowest BCUT2D eigenvalue weighted by molar-refractivity contribution is 0.0486. The van der Waals surface area contributed by atoms with Gasteiger partial charge in [-0.3, -0.25) is 9.20 Å². The topological polar surface area (TPSA) is 83.0 Å². The van der Waals surface area contributed by atoms with Crippen molar-refractivity contribution >= 4 is 46.8 Å². The van der Waals surface area contributed by atoms with Crippen LogP contribution < -0.4 is 10.6 Å². The van der Waals surface area contributed by atoms with Crippen LogP contribution in [0.25, 0.3) is 0 Å². The van der Waals surface area contributed by atoms with Gasteiger partial charge in [-0.05, 0) is 53.9 Å². The van der Waals surface area contributed by atoms with Gasteiger partial charge in [-0.1, -0.05) is 13.8 Å². The summed E-state index contributed by atoms with van der Waals surface area (Å²) in [6.45, 7) is 17.0. The van der Waals surface area contributed by atoms with E-state index in [0.717, 1.165) is 18.9 Å². The van der Waals surface area contributed by atoms with E-state index in [9.17, 15) is 9.00 Å². The largest absolute Gasteiger partial charge is 0.444 e. The van der Waals surface area contributed by atoms with Crippen LogP contribution in [0.4, 0.5) is 4.79 Å². The molecule has 0 saturated heterocycles. The van der Waals surface area contributed by atoms with Crippen molar-refractivity contribution in [1.82, 2.24) is 15.5 Å². The SMILES string of the molecule is CN=C(NCCS(=O)C(C)(C)C)N(C)CCC(NC(=O)OC(C)(C)C)C(C)C.I. The number of amides is 1. The molecule has 0 saturated carbocycles. The summed E-state index contributed by atoms with van der Waals surface area (Å²) in [6, 6.07) is 0.00352. The van der Waals surface area contributed by atoms with Gasteiger partial charge in [-0.2, -0.15) is 0 Å². The number of carbonyl (C=O) groups is 1. The Balaban J connectivity index is 0. The van der Waals surface area contributed by atoms with Gasteiger partial charge in [0.1, 0.15) is 5.60 Å². The molecule has 1 amide bonds. The summed E-state index contributed by atoms with van der Waals surface area (Å²) in [5.74, 6) is 1.61. The van der Waals surface area contributed by atoms with Crippen LogP contribution in [0.3, 0.4) is 0 Å². The van der Waals surface area contributed by atoms with Gasteiger partial charge in [0.25, 0.3) is 0 Å². The van der Waals surface area contributed by atoms with Crippen molar-refractivity contribution in [1.29, 1.82) is 0 Å². The Morgan fingerprint density at radius 1 is 1.17 bits per heavy atom. The molecule has 2 unspecified atom stereocenters. The highest BCUT2D eigenvalue weighted by Gasteiger charge is 2.22. The maximum absolute atomic E-state index is 12.2. The zero-order chi connectivity index (χ0) is 22.1. The van der Waals surface area contributed by atoms with Gasteiger partial charge in [0.15, 0.2) is 5.96 Å². The molecule has 9 heteroatoms. The highest BCUT2D eigenvalue weighted by atomic mass is 127. The van der Waals surface area contributed by atoms with Crippen LogP contribution in [0.1, 0.15) is 61.8 Å². The lowest BCUT2D eigenvalue weighted by Gasteiger charge is -2.28. The number of hydrogen-bond donors (Lipinski definition) is 2. The van der Waals surface area contributed by atoms with Crippen molar-refractivity contribution < 1.29 is 13.7 Å². The van der Waals surface area contributed by atoms with E-state index in [0.29, 0.717) is 12.3 Å². The number of ether oxygens (including phenoxy) is 1. The fourth-order valence-corrected chi connectivity index (χ4v) is 3.32. The summed E-state index contributed by atoms with van der Waals surface area (Å²) < 4.78 is 17.3. The predicted molar refractivity (Wildman–Crippen MR) is 135 cm³/mol. The highest BCUT2D eigenvalue weighted by molar-refractivity contribution is 14.0. The Morgan fingerprint density at radius 2 is 1.72 bits per heavy atom. The second-order valence-electron chi connectivity index (χ2n) is 9.34. The minimum atomic E-state index is -0.899. The van der Waals surface area contributed by atoms with Gasteiger partial charge in [-0.25, -0.2) is 4.79 Å². The molecule has 174 valence electrons. The first-order valence-corrected chi connectivity index (χ1v) is 11.3. The zero-order valence-electron chi connectivity index (χ0n) is 19.9. The number of alkyl carbamates (subject to hydrolysis) is 1. The molecule has 7 nitrogen and oxygen atoms in total. The lowest BCUT2D eigenvalue weighted by Crippen LogP contribution is -2.46. The van der Waals surface area contributed by atoms with Gasteiger partial charge in [0.2, 0.25) is 0 Å². The number of nitrogens with one attached hydrogen (secondary N) is 2. The third-order valence-electron chi connectivity index (χ3n) is 4.11. The molecule has 0 aliphatic heterocycles. The molecular weight excluding hydrogens is 503 g/mol. The third kappa shape index (κ3) is 14.1. The summed E-state index contributed by atoms with van der Waals surface area (Å²) in [4.78, 5) is 18.4. The molecule has 0 bridgehead atoms. The smallest absolute Gasteiger partial charge is 0.407 e. The number of guanidine groups is 1. The number of carbonyl (C=O) groups excluding carboxylic acids is 1. The first kappa shape index (κ1) is 30.6. The Labute approximate surface area is 197 Å². The molecule has 0 aliphatic carbocycles. The summed E-state index contributed by atoms with van der Waals surface area (Å²) in [7, 11) is 2.79. The van der Waals surface area contributed by atoms with E-state index in [1.165, 1.54) is 0 Å². The second kappa shape index (κ2) is 13.7. The van der Waals surface area contributed by atoms with Crippen molar-refractivity contribution in [3.8, 4) is 0 Å². The summed E-state index contributed by atoms with van der Waals surface area (Å²) >= 11 is 0. The number of halogens is 1. The minimum absolute atomic E-state index is 0. The van der Waals surface area contributed by atoms with Crippen LogP contribution in [-0.4, -0.2) is 70.5 Å². The number of rotatable bonds is 8. The summed E-state index contributed by atoms with van der Waals surface area (Å²) in [5.41, 5.74) is -0.512. The summed E-state index contributed by atoms with van der Waals surface area (Å²) in [6.07, 6.45) is 0.378. The van der Waals surface area contributed by atoms with Gasteiger partial charge in [-0.15, -0.1) is 24.0 Å². The van der Waals surface area contributed by atoms with Gasteiger partial charge >= 0.3 is 6.09 Å². The van der Waals surface area contributed by atoms with Gasteiger partial charge in [0, 0.05) is 54.5 Å². The molecule has 2 N–H and O–H groups in total. The van der Waals surface area contributed by atoms with E-state index in [1.807, 2.05) is 53.5 Å². The molecule has 0 aliphatic rings.